The van der Waals surface area contributed by atoms with Crippen LogP contribution in [0.25, 0.3) is 0 Å². The van der Waals surface area contributed by atoms with Gasteiger partial charge in [0.15, 0.2) is 5.82 Å². The van der Waals surface area contributed by atoms with Gasteiger partial charge in [0.2, 0.25) is 15.9 Å². The van der Waals surface area contributed by atoms with Gasteiger partial charge in [-0.25, -0.2) is 13.1 Å². The molecule has 0 atom stereocenters. The van der Waals surface area contributed by atoms with E-state index < -0.39 is 10.0 Å². The van der Waals surface area contributed by atoms with Crippen LogP contribution in [0.15, 0.2) is 27.6 Å². The van der Waals surface area contributed by atoms with Crippen molar-refractivity contribution in [2.75, 3.05) is 7.05 Å². The molecule has 1 aromatic heterocycles. The van der Waals surface area contributed by atoms with Crippen molar-refractivity contribution < 1.29 is 12.9 Å². The van der Waals surface area contributed by atoms with Crippen LogP contribution in [0.1, 0.15) is 22.8 Å². The molecule has 0 bridgehead atoms. The summed E-state index contributed by atoms with van der Waals surface area (Å²) in [5.74, 6) is 0.703. The highest BCUT2D eigenvalue weighted by molar-refractivity contribution is 7.89. The average Bonchev–Trinajstić information content (AvgIpc) is 2.85. The summed E-state index contributed by atoms with van der Waals surface area (Å²) in [5, 5.41) is 6.63. The first-order valence-electron chi connectivity index (χ1n) is 6.45. The smallest absolute Gasteiger partial charge is 0.241 e. The van der Waals surface area contributed by atoms with Gasteiger partial charge in [-0.2, -0.15) is 4.98 Å². The van der Waals surface area contributed by atoms with E-state index in [4.69, 9.17) is 4.52 Å². The van der Waals surface area contributed by atoms with Crippen molar-refractivity contribution in [2.24, 2.45) is 0 Å². The van der Waals surface area contributed by atoms with Crippen LogP contribution in [0, 0.1) is 13.8 Å². The van der Waals surface area contributed by atoms with Crippen molar-refractivity contribution >= 4 is 10.0 Å². The van der Waals surface area contributed by atoms with Crippen LogP contribution in [0.4, 0.5) is 0 Å². The third-order valence-electron chi connectivity index (χ3n) is 2.98. The lowest BCUT2D eigenvalue weighted by atomic mass is 10.1. The second-order valence-electron chi connectivity index (χ2n) is 4.68. The lowest BCUT2D eigenvalue weighted by Gasteiger charge is -2.09. The largest absolute Gasteiger partial charge is 0.338 e. The molecule has 7 nitrogen and oxygen atoms in total. The van der Waals surface area contributed by atoms with E-state index in [-0.39, 0.29) is 17.3 Å². The molecule has 0 spiro atoms. The molecular formula is C13H18N4O3S. The molecule has 21 heavy (non-hydrogen) atoms. The summed E-state index contributed by atoms with van der Waals surface area (Å²) in [7, 11) is -1.80. The molecule has 0 amide bonds. The number of hydrogen-bond donors (Lipinski definition) is 2. The molecule has 1 heterocycles. The Hall–Kier alpha value is -1.77. The first-order valence-corrected chi connectivity index (χ1v) is 7.93. The highest BCUT2D eigenvalue weighted by Crippen LogP contribution is 2.15. The van der Waals surface area contributed by atoms with E-state index in [9.17, 15) is 8.42 Å². The lowest BCUT2D eigenvalue weighted by molar-refractivity contribution is 0.372. The van der Waals surface area contributed by atoms with Crippen molar-refractivity contribution in [1.29, 1.82) is 0 Å². The van der Waals surface area contributed by atoms with Gasteiger partial charge in [0, 0.05) is 6.54 Å². The van der Waals surface area contributed by atoms with Gasteiger partial charge < -0.3 is 9.84 Å². The Labute approximate surface area is 123 Å². The molecule has 0 radical (unpaired) electrons. The molecule has 8 heteroatoms. The zero-order valence-corrected chi connectivity index (χ0v) is 13.0. The standard InChI is InChI=1S/C13H18N4O3S/c1-9-4-5-12(6-11(9)7-14-3)21(18,19)15-8-13-16-10(2)17-20-13/h4-6,14-15H,7-8H2,1-3H3. The number of rotatable bonds is 6. The van der Waals surface area contributed by atoms with Crippen LogP contribution in [0.2, 0.25) is 0 Å². The molecule has 2 rings (SSSR count). The Kier molecular flexibility index (Phi) is 4.71. The Bertz CT molecular complexity index is 725. The minimum Gasteiger partial charge on any atom is -0.338 e. The summed E-state index contributed by atoms with van der Waals surface area (Å²) in [4.78, 5) is 4.17. The Morgan fingerprint density at radius 2 is 2.00 bits per heavy atom. The topological polar surface area (TPSA) is 97.1 Å². The van der Waals surface area contributed by atoms with Gasteiger partial charge in [0.05, 0.1) is 11.4 Å². The zero-order valence-electron chi connectivity index (χ0n) is 12.2. The summed E-state index contributed by atoms with van der Waals surface area (Å²) < 4.78 is 31.8. The fourth-order valence-corrected chi connectivity index (χ4v) is 2.87. The van der Waals surface area contributed by atoms with E-state index in [0.29, 0.717) is 12.4 Å². The van der Waals surface area contributed by atoms with E-state index in [2.05, 4.69) is 20.2 Å². The molecule has 2 N–H and O–H groups in total. The van der Waals surface area contributed by atoms with Crippen LogP contribution in [0.3, 0.4) is 0 Å². The number of aryl methyl sites for hydroxylation is 2. The van der Waals surface area contributed by atoms with Crippen LogP contribution >= 0.6 is 0 Å². The van der Waals surface area contributed by atoms with E-state index in [1.807, 2.05) is 14.0 Å². The van der Waals surface area contributed by atoms with Crippen molar-refractivity contribution in [3.8, 4) is 0 Å². The SMILES string of the molecule is CNCc1cc(S(=O)(=O)NCc2nc(C)no2)ccc1C. The van der Waals surface area contributed by atoms with Gasteiger partial charge >= 0.3 is 0 Å². The van der Waals surface area contributed by atoms with Crippen LogP contribution in [-0.4, -0.2) is 25.6 Å². The van der Waals surface area contributed by atoms with E-state index in [0.717, 1.165) is 11.1 Å². The minimum absolute atomic E-state index is 0.0294. The Morgan fingerprint density at radius 3 is 2.62 bits per heavy atom. The van der Waals surface area contributed by atoms with Gasteiger partial charge in [0.1, 0.15) is 0 Å². The molecule has 0 saturated carbocycles. The van der Waals surface area contributed by atoms with Crippen molar-refractivity contribution in [3.05, 3.63) is 41.0 Å². The number of sulfonamides is 1. The van der Waals surface area contributed by atoms with Crippen molar-refractivity contribution in [2.45, 2.75) is 31.8 Å². The fourth-order valence-electron chi connectivity index (χ4n) is 1.85. The van der Waals surface area contributed by atoms with E-state index in [1.165, 1.54) is 0 Å². The highest BCUT2D eigenvalue weighted by Gasteiger charge is 2.16. The summed E-state index contributed by atoms with van der Waals surface area (Å²) >= 11 is 0. The number of benzene rings is 1. The Morgan fingerprint density at radius 1 is 1.24 bits per heavy atom. The van der Waals surface area contributed by atoms with E-state index in [1.54, 1.807) is 25.1 Å². The molecule has 0 aliphatic heterocycles. The summed E-state index contributed by atoms with van der Waals surface area (Å²) in [6.07, 6.45) is 0. The Balaban J connectivity index is 2.17. The second-order valence-corrected chi connectivity index (χ2v) is 6.45. The van der Waals surface area contributed by atoms with Gasteiger partial charge in [0.25, 0.3) is 0 Å². The molecule has 0 fully saturated rings. The highest BCUT2D eigenvalue weighted by atomic mass is 32.2. The second kappa shape index (κ2) is 6.33. The fraction of sp³-hybridized carbons (Fsp3) is 0.385. The van der Waals surface area contributed by atoms with Crippen LogP contribution < -0.4 is 10.0 Å². The van der Waals surface area contributed by atoms with Gasteiger partial charge in [-0.3, -0.25) is 0 Å². The number of nitrogens with one attached hydrogen (secondary N) is 2. The van der Waals surface area contributed by atoms with Crippen LogP contribution in [-0.2, 0) is 23.1 Å². The third-order valence-corrected chi connectivity index (χ3v) is 4.38. The third kappa shape index (κ3) is 3.87. The van der Waals surface area contributed by atoms with Crippen molar-refractivity contribution in [3.63, 3.8) is 0 Å². The molecular weight excluding hydrogens is 292 g/mol. The normalized spacial score (nSPS) is 11.8. The van der Waals surface area contributed by atoms with Crippen molar-refractivity contribution in [1.82, 2.24) is 20.2 Å². The summed E-state index contributed by atoms with van der Waals surface area (Å²) in [6.45, 7) is 4.19. The zero-order chi connectivity index (χ0) is 15.5. The molecule has 114 valence electrons. The molecule has 0 aliphatic rings. The molecule has 2 aromatic rings. The molecule has 1 aromatic carbocycles. The predicted molar refractivity (Wildman–Crippen MR) is 77.0 cm³/mol. The maximum absolute atomic E-state index is 12.3. The molecule has 0 saturated heterocycles. The van der Waals surface area contributed by atoms with Gasteiger partial charge in [-0.05, 0) is 44.2 Å². The van der Waals surface area contributed by atoms with Gasteiger partial charge in [-0.15, -0.1) is 0 Å². The number of hydrogen-bond acceptors (Lipinski definition) is 6. The summed E-state index contributed by atoms with van der Waals surface area (Å²) in [5.41, 5.74) is 1.98. The van der Waals surface area contributed by atoms with Gasteiger partial charge in [-0.1, -0.05) is 11.2 Å². The van der Waals surface area contributed by atoms with E-state index >= 15 is 0 Å². The maximum atomic E-state index is 12.3. The number of aromatic nitrogens is 2. The quantitative estimate of drug-likeness (QED) is 0.822. The maximum Gasteiger partial charge on any atom is 0.241 e. The first-order chi connectivity index (χ1) is 9.92. The molecule has 0 aliphatic carbocycles. The number of nitrogens with zero attached hydrogens (tertiary/aromatic N) is 2. The molecule has 0 unspecified atom stereocenters. The monoisotopic (exact) mass is 310 g/mol. The predicted octanol–water partition coefficient (Wildman–Crippen LogP) is 0.884. The average molecular weight is 310 g/mol. The summed E-state index contributed by atoms with van der Waals surface area (Å²) in [6, 6.07) is 5.03. The van der Waals surface area contributed by atoms with Crippen LogP contribution in [0.5, 0.6) is 0 Å². The minimum atomic E-state index is -3.61. The first kappa shape index (κ1) is 15.6. The lowest BCUT2D eigenvalue weighted by Crippen LogP contribution is -2.23.